The second-order valence-corrected chi connectivity index (χ2v) is 5.54. The van der Waals surface area contributed by atoms with Gasteiger partial charge < -0.3 is 9.88 Å². The maximum absolute atomic E-state index is 4.44. The Labute approximate surface area is 108 Å². The maximum atomic E-state index is 4.44. The van der Waals surface area contributed by atoms with E-state index >= 15 is 0 Å². The van der Waals surface area contributed by atoms with Gasteiger partial charge in [-0.2, -0.15) is 0 Å². The van der Waals surface area contributed by atoms with Crippen molar-refractivity contribution in [1.82, 2.24) is 9.55 Å². The summed E-state index contributed by atoms with van der Waals surface area (Å²) >= 11 is 0. The van der Waals surface area contributed by atoms with E-state index in [0.29, 0.717) is 6.04 Å². The Bertz CT molecular complexity index is 544. The van der Waals surface area contributed by atoms with Crippen molar-refractivity contribution in [2.45, 2.75) is 38.6 Å². The van der Waals surface area contributed by atoms with Crippen LogP contribution in [0.25, 0.3) is 11.0 Å². The third-order valence-corrected chi connectivity index (χ3v) is 4.22. The van der Waals surface area contributed by atoms with E-state index in [0.717, 1.165) is 11.6 Å². The number of pyridine rings is 1. The van der Waals surface area contributed by atoms with Crippen molar-refractivity contribution in [2.75, 3.05) is 5.32 Å². The molecule has 0 saturated heterocycles. The van der Waals surface area contributed by atoms with E-state index in [9.17, 15) is 0 Å². The minimum Gasteiger partial charge on any atom is -0.381 e. The van der Waals surface area contributed by atoms with Crippen molar-refractivity contribution < 1.29 is 0 Å². The molecule has 3 heteroatoms. The van der Waals surface area contributed by atoms with Gasteiger partial charge >= 0.3 is 0 Å². The van der Waals surface area contributed by atoms with Crippen LogP contribution in [-0.2, 0) is 7.05 Å². The van der Waals surface area contributed by atoms with Crippen LogP contribution in [-0.4, -0.2) is 15.6 Å². The van der Waals surface area contributed by atoms with Gasteiger partial charge in [0, 0.05) is 36.6 Å². The van der Waals surface area contributed by atoms with E-state index in [2.05, 4.69) is 40.1 Å². The molecule has 0 unspecified atom stereocenters. The first-order valence-corrected chi connectivity index (χ1v) is 6.92. The number of hydrogen-bond donors (Lipinski definition) is 1. The van der Waals surface area contributed by atoms with Crippen LogP contribution < -0.4 is 5.32 Å². The van der Waals surface area contributed by atoms with E-state index in [1.54, 1.807) is 0 Å². The average molecular weight is 243 g/mol. The molecule has 1 N–H and O–H groups in total. The zero-order valence-electron chi connectivity index (χ0n) is 11.2. The van der Waals surface area contributed by atoms with Gasteiger partial charge in [-0.15, -0.1) is 0 Å². The van der Waals surface area contributed by atoms with Gasteiger partial charge in [0.1, 0.15) is 5.65 Å². The highest BCUT2D eigenvalue weighted by molar-refractivity contribution is 5.89. The molecule has 0 radical (unpaired) electrons. The molecule has 0 amide bonds. The van der Waals surface area contributed by atoms with Gasteiger partial charge in [0.05, 0.1) is 0 Å². The molecule has 0 aromatic carbocycles. The van der Waals surface area contributed by atoms with E-state index in [1.807, 2.05) is 13.2 Å². The molecular weight excluding hydrogens is 222 g/mol. The normalized spacial score (nSPS) is 24.3. The number of rotatable bonds is 2. The fourth-order valence-corrected chi connectivity index (χ4v) is 3.02. The largest absolute Gasteiger partial charge is 0.381 e. The third kappa shape index (κ3) is 1.98. The van der Waals surface area contributed by atoms with Crippen molar-refractivity contribution in [3.05, 3.63) is 24.5 Å². The summed E-state index contributed by atoms with van der Waals surface area (Å²) in [6.45, 7) is 2.36. The lowest BCUT2D eigenvalue weighted by molar-refractivity contribution is 0.350. The van der Waals surface area contributed by atoms with Crippen molar-refractivity contribution in [2.24, 2.45) is 13.0 Å². The molecule has 96 valence electrons. The molecule has 0 spiro atoms. The molecule has 2 aromatic heterocycles. The molecule has 3 nitrogen and oxygen atoms in total. The second-order valence-electron chi connectivity index (χ2n) is 5.54. The minimum atomic E-state index is 0.615. The zero-order chi connectivity index (χ0) is 12.5. The summed E-state index contributed by atoms with van der Waals surface area (Å²) in [5.74, 6) is 0.769. The van der Waals surface area contributed by atoms with Crippen LogP contribution in [0, 0.1) is 5.92 Å². The second kappa shape index (κ2) is 4.63. The topological polar surface area (TPSA) is 29.9 Å². The summed E-state index contributed by atoms with van der Waals surface area (Å²) in [6, 6.07) is 4.87. The highest BCUT2D eigenvalue weighted by Gasteiger charge is 2.21. The summed E-state index contributed by atoms with van der Waals surface area (Å²) < 4.78 is 2.07. The zero-order valence-corrected chi connectivity index (χ0v) is 11.2. The van der Waals surface area contributed by atoms with Gasteiger partial charge in [0.2, 0.25) is 0 Å². The predicted molar refractivity (Wildman–Crippen MR) is 75.8 cm³/mol. The molecule has 3 rings (SSSR count). The van der Waals surface area contributed by atoms with Crippen LogP contribution in [0.2, 0.25) is 0 Å². The van der Waals surface area contributed by atoms with Crippen molar-refractivity contribution in [1.29, 1.82) is 0 Å². The SMILES string of the molecule is C[C@@H]1CCCC[C@@H]1Nc1ccnc2c1ccn2C. The number of aromatic nitrogens is 2. The standard InChI is InChI=1S/C15H21N3/c1-11-5-3-4-6-13(11)17-14-7-9-16-15-12(14)8-10-18(15)2/h7-11,13H,3-6H2,1-2H3,(H,16,17)/t11-,13+/m1/s1. The maximum Gasteiger partial charge on any atom is 0.141 e. The number of fused-ring (bicyclic) bond motifs is 1. The van der Waals surface area contributed by atoms with Crippen molar-refractivity contribution in [3.8, 4) is 0 Å². The molecule has 1 aliphatic carbocycles. The van der Waals surface area contributed by atoms with Crippen molar-refractivity contribution >= 4 is 16.7 Å². The smallest absolute Gasteiger partial charge is 0.141 e. The molecule has 1 aliphatic rings. The summed E-state index contributed by atoms with van der Waals surface area (Å²) in [6.07, 6.45) is 9.35. The van der Waals surface area contributed by atoms with Gasteiger partial charge in [0.25, 0.3) is 0 Å². The number of aryl methyl sites for hydroxylation is 1. The van der Waals surface area contributed by atoms with Crippen LogP contribution in [0.1, 0.15) is 32.6 Å². The minimum absolute atomic E-state index is 0.615. The van der Waals surface area contributed by atoms with Gasteiger partial charge in [-0.3, -0.25) is 0 Å². The van der Waals surface area contributed by atoms with Crippen LogP contribution >= 0.6 is 0 Å². The van der Waals surface area contributed by atoms with Crippen LogP contribution in [0.4, 0.5) is 5.69 Å². The van der Waals surface area contributed by atoms with Gasteiger partial charge in [0.15, 0.2) is 0 Å². The lowest BCUT2D eigenvalue weighted by Gasteiger charge is -2.30. The Morgan fingerprint density at radius 3 is 2.94 bits per heavy atom. The van der Waals surface area contributed by atoms with Crippen molar-refractivity contribution in [3.63, 3.8) is 0 Å². The molecule has 1 saturated carbocycles. The first kappa shape index (κ1) is 11.6. The highest BCUT2D eigenvalue weighted by atomic mass is 15.0. The van der Waals surface area contributed by atoms with E-state index < -0.39 is 0 Å². The van der Waals surface area contributed by atoms with E-state index in [-0.39, 0.29) is 0 Å². The fraction of sp³-hybridized carbons (Fsp3) is 0.533. The number of hydrogen-bond acceptors (Lipinski definition) is 2. The highest BCUT2D eigenvalue weighted by Crippen LogP contribution is 2.29. The Morgan fingerprint density at radius 2 is 2.11 bits per heavy atom. The predicted octanol–water partition coefficient (Wildman–Crippen LogP) is 3.56. The molecule has 2 atom stereocenters. The summed E-state index contributed by atoms with van der Waals surface area (Å²) in [7, 11) is 2.04. The monoisotopic (exact) mass is 243 g/mol. The average Bonchev–Trinajstić information content (AvgIpc) is 2.76. The molecular formula is C15H21N3. The molecule has 2 aromatic rings. The Balaban J connectivity index is 1.90. The quantitative estimate of drug-likeness (QED) is 0.874. The summed E-state index contributed by atoms with van der Waals surface area (Å²) in [4.78, 5) is 4.44. The fourth-order valence-electron chi connectivity index (χ4n) is 3.02. The Morgan fingerprint density at radius 1 is 1.28 bits per heavy atom. The number of nitrogens with one attached hydrogen (secondary N) is 1. The van der Waals surface area contributed by atoms with Crippen LogP contribution in [0.5, 0.6) is 0 Å². The van der Waals surface area contributed by atoms with Crippen LogP contribution in [0.15, 0.2) is 24.5 Å². The number of nitrogens with zero attached hydrogens (tertiary/aromatic N) is 2. The molecule has 2 heterocycles. The van der Waals surface area contributed by atoms with Crippen LogP contribution in [0.3, 0.4) is 0 Å². The summed E-state index contributed by atoms with van der Waals surface area (Å²) in [5, 5.41) is 4.97. The molecule has 0 bridgehead atoms. The van der Waals surface area contributed by atoms with Gasteiger partial charge in [-0.1, -0.05) is 19.8 Å². The van der Waals surface area contributed by atoms with E-state index in [4.69, 9.17) is 0 Å². The molecule has 0 aliphatic heterocycles. The molecule has 1 fully saturated rings. The van der Waals surface area contributed by atoms with Gasteiger partial charge in [-0.05, 0) is 30.9 Å². The van der Waals surface area contributed by atoms with Gasteiger partial charge in [-0.25, -0.2) is 4.98 Å². The summed E-state index contributed by atoms with van der Waals surface area (Å²) in [5.41, 5.74) is 2.29. The Kier molecular flexibility index (Phi) is 2.98. The first-order chi connectivity index (χ1) is 8.75. The number of anilines is 1. The first-order valence-electron chi connectivity index (χ1n) is 6.92. The molecule has 18 heavy (non-hydrogen) atoms. The van der Waals surface area contributed by atoms with E-state index in [1.165, 1.54) is 36.8 Å². The lowest BCUT2D eigenvalue weighted by Crippen LogP contribution is -2.30. The lowest BCUT2D eigenvalue weighted by atomic mass is 9.86. The third-order valence-electron chi connectivity index (χ3n) is 4.22. The Hall–Kier alpha value is -1.51.